The van der Waals surface area contributed by atoms with E-state index in [1.807, 2.05) is 30.3 Å². The minimum atomic E-state index is 0.416. The lowest BCUT2D eigenvalue weighted by Crippen LogP contribution is -2.23. The number of aldehydes is 1. The van der Waals surface area contributed by atoms with E-state index in [0.717, 1.165) is 50.4 Å². The minimum Gasteiger partial charge on any atom is -0.303 e. The largest absolute Gasteiger partial charge is 0.303 e. The van der Waals surface area contributed by atoms with Crippen LogP contribution in [0.2, 0.25) is 0 Å². The summed E-state index contributed by atoms with van der Waals surface area (Å²) in [5.41, 5.74) is 1.05. The van der Waals surface area contributed by atoms with Gasteiger partial charge in [-0.05, 0) is 18.4 Å². The van der Waals surface area contributed by atoms with E-state index in [9.17, 15) is 9.59 Å². The SMILES string of the molecule is O=CCCCCCCCN(C=O)OCc1ccccc1. The van der Waals surface area contributed by atoms with Crippen LogP contribution in [0.1, 0.15) is 44.1 Å². The molecule has 0 fully saturated rings. The van der Waals surface area contributed by atoms with Crippen LogP contribution in [-0.2, 0) is 21.0 Å². The van der Waals surface area contributed by atoms with Gasteiger partial charge in [-0.25, -0.2) is 5.06 Å². The Balaban J connectivity index is 2.07. The number of benzene rings is 1. The molecule has 0 radical (unpaired) electrons. The van der Waals surface area contributed by atoms with Gasteiger partial charge < -0.3 is 4.79 Å². The van der Waals surface area contributed by atoms with Gasteiger partial charge in [0.25, 0.3) is 0 Å². The lowest BCUT2D eigenvalue weighted by atomic mass is 10.1. The first-order valence-corrected chi connectivity index (χ1v) is 7.19. The summed E-state index contributed by atoms with van der Waals surface area (Å²) in [5, 5.41) is 1.36. The molecule has 0 heterocycles. The van der Waals surface area contributed by atoms with Gasteiger partial charge in [-0.2, -0.15) is 0 Å². The van der Waals surface area contributed by atoms with Crippen molar-refractivity contribution in [1.82, 2.24) is 5.06 Å². The third-order valence-corrected chi connectivity index (χ3v) is 3.06. The molecule has 0 aromatic heterocycles. The Morgan fingerprint density at radius 2 is 1.65 bits per heavy atom. The molecule has 0 unspecified atom stereocenters. The molecule has 0 saturated carbocycles. The molecule has 0 spiro atoms. The Kier molecular flexibility index (Phi) is 9.15. The van der Waals surface area contributed by atoms with Gasteiger partial charge >= 0.3 is 0 Å². The molecular weight excluding hydrogens is 254 g/mol. The molecule has 0 saturated heterocycles. The van der Waals surface area contributed by atoms with E-state index in [1.54, 1.807) is 0 Å². The zero-order valence-corrected chi connectivity index (χ0v) is 11.9. The standard InChI is InChI=1S/C16H23NO3/c18-13-9-4-2-1-3-8-12-17(15-19)20-14-16-10-6-5-7-11-16/h5-7,10-11,13,15H,1-4,8-9,12,14H2. The molecule has 110 valence electrons. The highest BCUT2D eigenvalue weighted by atomic mass is 16.7. The molecule has 0 atom stereocenters. The summed E-state index contributed by atoms with van der Waals surface area (Å²) < 4.78 is 0. The van der Waals surface area contributed by atoms with Crippen LogP contribution in [0, 0.1) is 0 Å². The number of unbranched alkanes of at least 4 members (excludes halogenated alkanes) is 5. The topological polar surface area (TPSA) is 46.6 Å². The van der Waals surface area contributed by atoms with Crippen LogP contribution in [0.3, 0.4) is 0 Å². The molecule has 0 bridgehead atoms. The highest BCUT2D eigenvalue weighted by Gasteiger charge is 2.02. The van der Waals surface area contributed by atoms with E-state index in [4.69, 9.17) is 4.84 Å². The summed E-state index contributed by atoms with van der Waals surface area (Å²) in [4.78, 5) is 26.5. The van der Waals surface area contributed by atoms with Gasteiger partial charge in [0.1, 0.15) is 12.9 Å². The third-order valence-electron chi connectivity index (χ3n) is 3.06. The number of rotatable bonds is 12. The maximum atomic E-state index is 10.9. The van der Waals surface area contributed by atoms with E-state index >= 15 is 0 Å². The molecule has 4 heteroatoms. The number of hydrogen-bond acceptors (Lipinski definition) is 3. The zero-order chi connectivity index (χ0) is 14.5. The van der Waals surface area contributed by atoms with E-state index < -0.39 is 0 Å². The predicted octanol–water partition coefficient (Wildman–Crippen LogP) is 3.12. The van der Waals surface area contributed by atoms with Crippen LogP contribution in [0.4, 0.5) is 0 Å². The molecule has 1 rings (SSSR count). The number of amides is 1. The Bertz CT molecular complexity index is 367. The average Bonchev–Trinajstić information content (AvgIpc) is 2.50. The lowest BCUT2D eigenvalue weighted by molar-refractivity contribution is -0.177. The van der Waals surface area contributed by atoms with E-state index in [-0.39, 0.29) is 0 Å². The molecule has 4 nitrogen and oxygen atoms in total. The number of hydrogen-bond donors (Lipinski definition) is 0. The molecule has 20 heavy (non-hydrogen) atoms. The van der Waals surface area contributed by atoms with Crippen molar-refractivity contribution in [3.8, 4) is 0 Å². The predicted molar refractivity (Wildman–Crippen MR) is 77.8 cm³/mol. The molecule has 1 aromatic carbocycles. The van der Waals surface area contributed by atoms with Crippen molar-refractivity contribution in [2.24, 2.45) is 0 Å². The first kappa shape index (κ1) is 16.4. The molecular formula is C16H23NO3. The quantitative estimate of drug-likeness (QED) is 0.335. The monoisotopic (exact) mass is 277 g/mol. The molecule has 1 amide bonds. The van der Waals surface area contributed by atoms with Gasteiger partial charge in [-0.15, -0.1) is 0 Å². The zero-order valence-electron chi connectivity index (χ0n) is 11.9. The van der Waals surface area contributed by atoms with Crippen LogP contribution in [-0.4, -0.2) is 24.3 Å². The fourth-order valence-corrected chi connectivity index (χ4v) is 1.91. The highest BCUT2D eigenvalue weighted by Crippen LogP contribution is 2.07. The Hall–Kier alpha value is -1.68. The highest BCUT2D eigenvalue weighted by molar-refractivity contribution is 5.48. The van der Waals surface area contributed by atoms with Gasteiger partial charge in [0.2, 0.25) is 6.41 Å². The van der Waals surface area contributed by atoms with Crippen molar-refractivity contribution >= 4 is 12.7 Å². The van der Waals surface area contributed by atoms with Gasteiger partial charge in [0.15, 0.2) is 0 Å². The van der Waals surface area contributed by atoms with Gasteiger partial charge in [0, 0.05) is 13.0 Å². The normalized spacial score (nSPS) is 10.2. The summed E-state index contributed by atoms with van der Waals surface area (Å²) in [6, 6.07) is 9.78. The van der Waals surface area contributed by atoms with Crippen LogP contribution in [0.15, 0.2) is 30.3 Å². The van der Waals surface area contributed by atoms with Crippen LogP contribution < -0.4 is 0 Å². The fraction of sp³-hybridized carbons (Fsp3) is 0.500. The number of nitrogens with zero attached hydrogens (tertiary/aromatic N) is 1. The maximum Gasteiger partial charge on any atom is 0.233 e. The Labute approximate surface area is 120 Å². The van der Waals surface area contributed by atoms with Crippen molar-refractivity contribution in [3.05, 3.63) is 35.9 Å². The second-order valence-electron chi connectivity index (χ2n) is 4.73. The van der Waals surface area contributed by atoms with Crippen LogP contribution >= 0.6 is 0 Å². The average molecular weight is 277 g/mol. The molecule has 0 aliphatic rings. The summed E-state index contributed by atoms with van der Waals surface area (Å²) in [6.07, 6.45) is 7.46. The van der Waals surface area contributed by atoms with Crippen molar-refractivity contribution in [3.63, 3.8) is 0 Å². The van der Waals surface area contributed by atoms with Crippen LogP contribution in [0.5, 0.6) is 0 Å². The molecule has 0 N–H and O–H groups in total. The van der Waals surface area contributed by atoms with Gasteiger partial charge in [-0.1, -0.05) is 49.6 Å². The first-order valence-electron chi connectivity index (χ1n) is 7.19. The summed E-state index contributed by atoms with van der Waals surface area (Å²) in [5.74, 6) is 0. The second kappa shape index (κ2) is 11.2. The van der Waals surface area contributed by atoms with Gasteiger partial charge in [0.05, 0.1) is 0 Å². The number of carbonyl (C=O) groups is 2. The van der Waals surface area contributed by atoms with E-state index in [2.05, 4.69) is 0 Å². The van der Waals surface area contributed by atoms with Crippen molar-refractivity contribution in [1.29, 1.82) is 0 Å². The molecule has 0 aliphatic heterocycles. The van der Waals surface area contributed by atoms with Crippen molar-refractivity contribution in [2.75, 3.05) is 6.54 Å². The van der Waals surface area contributed by atoms with Crippen molar-refractivity contribution < 1.29 is 14.4 Å². The van der Waals surface area contributed by atoms with E-state index in [0.29, 0.717) is 19.6 Å². The number of hydroxylamine groups is 2. The van der Waals surface area contributed by atoms with E-state index in [1.165, 1.54) is 5.06 Å². The summed E-state index contributed by atoms with van der Waals surface area (Å²) in [6.45, 7) is 1.03. The third kappa shape index (κ3) is 7.69. The van der Waals surface area contributed by atoms with Gasteiger partial charge in [-0.3, -0.25) is 9.63 Å². The molecule has 1 aromatic rings. The Morgan fingerprint density at radius 1 is 0.950 bits per heavy atom. The second-order valence-corrected chi connectivity index (χ2v) is 4.73. The smallest absolute Gasteiger partial charge is 0.233 e. The lowest BCUT2D eigenvalue weighted by Gasteiger charge is -2.16. The van der Waals surface area contributed by atoms with Crippen molar-refractivity contribution in [2.45, 2.75) is 45.1 Å². The fourth-order valence-electron chi connectivity index (χ4n) is 1.91. The minimum absolute atomic E-state index is 0.416. The first-order chi connectivity index (χ1) is 9.86. The summed E-state index contributed by atoms with van der Waals surface area (Å²) >= 11 is 0. The Morgan fingerprint density at radius 3 is 2.35 bits per heavy atom. The summed E-state index contributed by atoms with van der Waals surface area (Å²) in [7, 11) is 0. The molecule has 0 aliphatic carbocycles. The van der Waals surface area contributed by atoms with Crippen LogP contribution in [0.25, 0.3) is 0 Å². The maximum absolute atomic E-state index is 10.9. The number of carbonyl (C=O) groups excluding carboxylic acids is 2.